The molecule has 0 aliphatic carbocycles. The molecule has 0 fully saturated rings. The number of nitrogens with zero attached hydrogens (tertiary/aromatic N) is 2. The Balaban J connectivity index is 2.48. The zero-order valence-corrected chi connectivity index (χ0v) is 8.56. The van der Waals surface area contributed by atoms with E-state index in [-0.39, 0.29) is 12.2 Å². The number of carbonyl (C=O) groups excluding carboxylic acids is 1. The van der Waals surface area contributed by atoms with Crippen LogP contribution < -0.4 is 0 Å². The van der Waals surface area contributed by atoms with Gasteiger partial charge in [-0.25, -0.2) is 0 Å². The van der Waals surface area contributed by atoms with Crippen molar-refractivity contribution in [3.05, 3.63) is 11.7 Å². The van der Waals surface area contributed by atoms with E-state index in [1.807, 2.05) is 0 Å². The quantitative estimate of drug-likeness (QED) is 0.720. The highest BCUT2D eigenvalue weighted by molar-refractivity contribution is 7.98. The van der Waals surface area contributed by atoms with Gasteiger partial charge >= 0.3 is 0 Å². The molecular weight excluding hydrogens is 188 g/mol. The molecule has 5 heteroatoms. The molecule has 0 saturated carbocycles. The molecule has 0 N–H and O–H groups in total. The monoisotopic (exact) mass is 200 g/mol. The molecule has 0 aliphatic rings. The van der Waals surface area contributed by atoms with Gasteiger partial charge in [-0.05, 0) is 12.7 Å². The van der Waals surface area contributed by atoms with Gasteiger partial charge in [0.25, 0.3) is 0 Å². The number of ketones is 1. The maximum Gasteiger partial charge on any atom is 0.234 e. The molecule has 0 atom stereocenters. The maximum atomic E-state index is 10.7. The van der Waals surface area contributed by atoms with Crippen molar-refractivity contribution in [2.45, 2.75) is 26.0 Å². The van der Waals surface area contributed by atoms with Crippen LogP contribution in [0.2, 0.25) is 0 Å². The van der Waals surface area contributed by atoms with E-state index in [2.05, 4.69) is 17.1 Å². The number of Topliss-reactive ketones (excluding diaryl/α,β-unsaturated/α-hetero) is 1. The summed E-state index contributed by atoms with van der Waals surface area (Å²) < 4.78 is 4.88. The van der Waals surface area contributed by atoms with E-state index in [1.165, 1.54) is 6.92 Å². The van der Waals surface area contributed by atoms with Gasteiger partial charge in [0.2, 0.25) is 5.89 Å². The number of hydrogen-bond donors (Lipinski definition) is 0. The van der Waals surface area contributed by atoms with Gasteiger partial charge in [0.1, 0.15) is 5.78 Å². The lowest BCUT2D eigenvalue weighted by molar-refractivity contribution is -0.116. The largest absolute Gasteiger partial charge is 0.339 e. The first-order valence-corrected chi connectivity index (χ1v) is 5.26. The van der Waals surface area contributed by atoms with E-state index in [0.29, 0.717) is 11.7 Å². The van der Waals surface area contributed by atoms with Gasteiger partial charge in [-0.1, -0.05) is 12.1 Å². The third-order valence-electron chi connectivity index (χ3n) is 1.35. The van der Waals surface area contributed by atoms with Crippen molar-refractivity contribution >= 4 is 17.5 Å². The van der Waals surface area contributed by atoms with Crippen LogP contribution in [0.1, 0.15) is 25.6 Å². The van der Waals surface area contributed by atoms with Crippen molar-refractivity contribution in [3.8, 4) is 0 Å². The Morgan fingerprint density at radius 1 is 1.62 bits per heavy atom. The van der Waals surface area contributed by atoms with Crippen LogP contribution in [0.15, 0.2) is 4.52 Å². The van der Waals surface area contributed by atoms with Crippen molar-refractivity contribution < 1.29 is 9.32 Å². The third-order valence-corrected chi connectivity index (χ3v) is 2.22. The van der Waals surface area contributed by atoms with Crippen LogP contribution in [0, 0.1) is 0 Å². The standard InChI is InChI=1S/C8H12N2O2S/c1-3-13-5-7-9-8(12-10-7)4-6(2)11/h3-5H2,1-2H3. The summed E-state index contributed by atoms with van der Waals surface area (Å²) in [5.74, 6) is 2.90. The molecule has 0 spiro atoms. The number of aromatic nitrogens is 2. The minimum absolute atomic E-state index is 0.0401. The zero-order valence-electron chi connectivity index (χ0n) is 7.74. The van der Waals surface area contributed by atoms with Crippen molar-refractivity contribution in [2.75, 3.05) is 5.75 Å². The molecule has 13 heavy (non-hydrogen) atoms. The smallest absolute Gasteiger partial charge is 0.234 e. The van der Waals surface area contributed by atoms with E-state index in [1.54, 1.807) is 11.8 Å². The molecule has 0 bridgehead atoms. The molecule has 1 aromatic rings. The van der Waals surface area contributed by atoms with Crippen LogP contribution in [0.3, 0.4) is 0 Å². The topological polar surface area (TPSA) is 56.0 Å². The summed E-state index contributed by atoms with van der Waals surface area (Å²) in [7, 11) is 0. The van der Waals surface area contributed by atoms with Gasteiger partial charge in [0.05, 0.1) is 12.2 Å². The lowest BCUT2D eigenvalue weighted by Gasteiger charge is -1.88. The van der Waals surface area contributed by atoms with Crippen LogP contribution in [0.5, 0.6) is 0 Å². The van der Waals surface area contributed by atoms with E-state index in [4.69, 9.17) is 4.52 Å². The van der Waals surface area contributed by atoms with Gasteiger partial charge in [0.15, 0.2) is 5.82 Å². The van der Waals surface area contributed by atoms with Gasteiger partial charge in [-0.3, -0.25) is 4.79 Å². The van der Waals surface area contributed by atoms with Crippen LogP contribution in [-0.2, 0) is 17.0 Å². The van der Waals surface area contributed by atoms with E-state index in [9.17, 15) is 4.79 Å². The van der Waals surface area contributed by atoms with E-state index in [0.717, 1.165) is 11.5 Å². The van der Waals surface area contributed by atoms with Crippen molar-refractivity contribution in [1.29, 1.82) is 0 Å². The first kappa shape index (κ1) is 10.2. The first-order chi connectivity index (χ1) is 6.22. The van der Waals surface area contributed by atoms with Gasteiger partial charge in [-0.2, -0.15) is 16.7 Å². The number of carbonyl (C=O) groups is 1. The minimum Gasteiger partial charge on any atom is -0.339 e. The van der Waals surface area contributed by atoms with Crippen LogP contribution in [0.25, 0.3) is 0 Å². The first-order valence-electron chi connectivity index (χ1n) is 4.11. The van der Waals surface area contributed by atoms with Crippen LogP contribution in [0.4, 0.5) is 0 Å². The second-order valence-corrected chi connectivity index (χ2v) is 3.89. The average Bonchev–Trinajstić information content (AvgIpc) is 2.48. The van der Waals surface area contributed by atoms with E-state index >= 15 is 0 Å². The molecule has 0 unspecified atom stereocenters. The Morgan fingerprint density at radius 2 is 2.38 bits per heavy atom. The molecule has 4 nitrogen and oxygen atoms in total. The molecule has 0 amide bonds. The summed E-state index contributed by atoms with van der Waals surface area (Å²) in [5, 5.41) is 3.75. The van der Waals surface area contributed by atoms with Gasteiger partial charge in [-0.15, -0.1) is 0 Å². The number of thioether (sulfide) groups is 1. The Hall–Kier alpha value is -0.840. The second-order valence-electron chi connectivity index (χ2n) is 2.62. The van der Waals surface area contributed by atoms with Crippen LogP contribution in [-0.4, -0.2) is 21.7 Å². The highest BCUT2D eigenvalue weighted by atomic mass is 32.2. The minimum atomic E-state index is 0.0401. The zero-order chi connectivity index (χ0) is 9.68. The Labute approximate surface area is 81.1 Å². The summed E-state index contributed by atoms with van der Waals surface area (Å²) in [6.45, 7) is 3.58. The normalized spacial score (nSPS) is 10.3. The molecule has 1 heterocycles. The highest BCUT2D eigenvalue weighted by Gasteiger charge is 2.07. The third kappa shape index (κ3) is 3.59. The molecule has 0 radical (unpaired) electrons. The fraction of sp³-hybridized carbons (Fsp3) is 0.625. The van der Waals surface area contributed by atoms with Crippen molar-refractivity contribution in [1.82, 2.24) is 10.1 Å². The molecule has 1 aromatic heterocycles. The average molecular weight is 200 g/mol. The Bertz CT molecular complexity index is 285. The highest BCUT2D eigenvalue weighted by Crippen LogP contribution is 2.08. The van der Waals surface area contributed by atoms with E-state index < -0.39 is 0 Å². The molecule has 1 rings (SSSR count). The van der Waals surface area contributed by atoms with Gasteiger partial charge < -0.3 is 4.52 Å². The predicted octanol–water partition coefficient (Wildman–Crippen LogP) is 1.45. The predicted molar refractivity (Wildman–Crippen MR) is 50.5 cm³/mol. The summed E-state index contributed by atoms with van der Waals surface area (Å²) in [4.78, 5) is 14.8. The summed E-state index contributed by atoms with van der Waals surface area (Å²) >= 11 is 1.72. The second kappa shape index (κ2) is 5.01. The molecule has 0 aromatic carbocycles. The Kier molecular flexibility index (Phi) is 3.95. The van der Waals surface area contributed by atoms with Crippen molar-refractivity contribution in [3.63, 3.8) is 0 Å². The molecule has 72 valence electrons. The fourth-order valence-electron chi connectivity index (χ4n) is 0.827. The van der Waals surface area contributed by atoms with Crippen LogP contribution >= 0.6 is 11.8 Å². The summed E-state index contributed by atoms with van der Waals surface area (Å²) in [6.07, 6.45) is 0.240. The van der Waals surface area contributed by atoms with Gasteiger partial charge in [0, 0.05) is 0 Å². The maximum absolute atomic E-state index is 10.7. The SMILES string of the molecule is CCSCc1noc(CC(C)=O)n1. The summed E-state index contributed by atoms with van der Waals surface area (Å²) in [6, 6.07) is 0. The molecule has 0 saturated heterocycles. The summed E-state index contributed by atoms with van der Waals surface area (Å²) in [5.41, 5.74) is 0. The molecule has 0 aliphatic heterocycles. The fourth-order valence-corrected chi connectivity index (χ4v) is 1.33. The molecular formula is C8H12N2O2S. The Morgan fingerprint density at radius 3 is 3.00 bits per heavy atom. The number of hydrogen-bond acceptors (Lipinski definition) is 5. The lowest BCUT2D eigenvalue weighted by Crippen LogP contribution is -1.96. The lowest BCUT2D eigenvalue weighted by atomic mass is 10.3. The van der Waals surface area contributed by atoms with Crippen molar-refractivity contribution in [2.24, 2.45) is 0 Å². The number of rotatable bonds is 5.